The van der Waals surface area contributed by atoms with Crippen LogP contribution in [0.2, 0.25) is 5.02 Å². The molecule has 3 heterocycles. The van der Waals surface area contributed by atoms with Gasteiger partial charge in [-0.2, -0.15) is 4.31 Å². The molecule has 1 saturated heterocycles. The zero-order valence-electron chi connectivity index (χ0n) is 18.5. The standard InChI is InChI=1S/C24H26ClN3O4S/c1-15-12-28(13-16(2)32-15)33(30,31)19-6-3-17(4-7-19)24(29)27-10-9-23-21(14-27)20-11-18(25)5-8-22(20)26-23/h3-8,11,15-16,26H,9-10,12-14H2,1-2H3. The normalized spacial score (nSPS) is 21.8. The number of hydrogen-bond acceptors (Lipinski definition) is 4. The summed E-state index contributed by atoms with van der Waals surface area (Å²) in [5, 5.41) is 1.69. The Hall–Kier alpha value is -2.39. The van der Waals surface area contributed by atoms with E-state index in [2.05, 4.69) is 4.98 Å². The van der Waals surface area contributed by atoms with E-state index in [9.17, 15) is 13.2 Å². The van der Waals surface area contributed by atoms with Crippen LogP contribution in [0.1, 0.15) is 35.5 Å². The first-order valence-corrected chi connectivity index (χ1v) is 12.9. The summed E-state index contributed by atoms with van der Waals surface area (Å²) in [6.07, 6.45) is 0.410. The van der Waals surface area contributed by atoms with E-state index in [1.54, 1.807) is 17.0 Å². The van der Waals surface area contributed by atoms with Crippen molar-refractivity contribution in [3.05, 3.63) is 64.3 Å². The molecule has 1 N–H and O–H groups in total. The first kappa shape index (κ1) is 22.4. The van der Waals surface area contributed by atoms with Crippen LogP contribution in [0, 0.1) is 0 Å². The quantitative estimate of drug-likeness (QED) is 0.609. The van der Waals surface area contributed by atoms with Gasteiger partial charge in [-0.05, 0) is 56.3 Å². The minimum atomic E-state index is -3.64. The monoisotopic (exact) mass is 487 g/mol. The highest BCUT2D eigenvalue weighted by Crippen LogP contribution is 2.30. The van der Waals surface area contributed by atoms with Crippen molar-refractivity contribution in [2.24, 2.45) is 0 Å². The molecule has 3 aromatic rings. The van der Waals surface area contributed by atoms with E-state index in [4.69, 9.17) is 16.3 Å². The van der Waals surface area contributed by atoms with Crippen molar-refractivity contribution in [1.82, 2.24) is 14.2 Å². The van der Waals surface area contributed by atoms with E-state index < -0.39 is 10.0 Å². The maximum absolute atomic E-state index is 13.2. The number of benzene rings is 2. The van der Waals surface area contributed by atoms with Crippen LogP contribution in [0.5, 0.6) is 0 Å². The predicted octanol–water partition coefficient (Wildman–Crippen LogP) is 3.82. The van der Waals surface area contributed by atoms with Crippen LogP contribution < -0.4 is 0 Å². The van der Waals surface area contributed by atoms with Crippen LogP contribution in [0.15, 0.2) is 47.4 Å². The van der Waals surface area contributed by atoms with Crippen molar-refractivity contribution in [3.63, 3.8) is 0 Å². The second-order valence-corrected chi connectivity index (χ2v) is 11.2. The Labute approximate surface area is 198 Å². The molecule has 0 spiro atoms. The number of amides is 1. The number of carbonyl (C=O) groups is 1. The van der Waals surface area contributed by atoms with Gasteiger partial charge < -0.3 is 14.6 Å². The maximum Gasteiger partial charge on any atom is 0.254 e. The zero-order chi connectivity index (χ0) is 23.3. The summed E-state index contributed by atoms with van der Waals surface area (Å²) in [5.74, 6) is -0.116. The lowest BCUT2D eigenvalue weighted by Crippen LogP contribution is -2.48. The summed E-state index contributed by atoms with van der Waals surface area (Å²) < 4.78 is 33.3. The van der Waals surface area contributed by atoms with Crippen molar-refractivity contribution in [2.45, 2.75) is 43.9 Å². The molecule has 1 amide bonds. The molecule has 0 saturated carbocycles. The largest absolute Gasteiger partial charge is 0.373 e. The van der Waals surface area contributed by atoms with Crippen molar-refractivity contribution < 1.29 is 17.9 Å². The third-order valence-corrected chi connectivity index (χ3v) is 8.43. The highest BCUT2D eigenvalue weighted by Gasteiger charge is 2.32. The van der Waals surface area contributed by atoms with Gasteiger partial charge in [0.25, 0.3) is 5.91 Å². The molecule has 0 bridgehead atoms. The number of hydrogen-bond donors (Lipinski definition) is 1. The lowest BCUT2D eigenvalue weighted by Gasteiger charge is -2.34. The average molecular weight is 488 g/mol. The summed E-state index contributed by atoms with van der Waals surface area (Å²) in [6.45, 7) is 5.45. The van der Waals surface area contributed by atoms with Crippen LogP contribution in [0.3, 0.4) is 0 Å². The highest BCUT2D eigenvalue weighted by atomic mass is 35.5. The van der Waals surface area contributed by atoms with E-state index in [0.29, 0.717) is 36.8 Å². The van der Waals surface area contributed by atoms with Gasteiger partial charge in [0.15, 0.2) is 0 Å². The second-order valence-electron chi connectivity index (χ2n) is 8.85. The summed E-state index contributed by atoms with van der Waals surface area (Å²) in [6, 6.07) is 12.0. The van der Waals surface area contributed by atoms with Crippen molar-refractivity contribution in [2.75, 3.05) is 19.6 Å². The Morgan fingerprint density at radius 2 is 1.79 bits per heavy atom. The zero-order valence-corrected chi connectivity index (χ0v) is 20.1. The van der Waals surface area contributed by atoms with Gasteiger partial charge >= 0.3 is 0 Å². The summed E-state index contributed by atoms with van der Waals surface area (Å²) in [7, 11) is -3.64. The number of carbonyl (C=O) groups excluding carboxylic acids is 1. The minimum Gasteiger partial charge on any atom is -0.373 e. The van der Waals surface area contributed by atoms with Gasteiger partial charge in [0.1, 0.15) is 0 Å². The first-order chi connectivity index (χ1) is 15.7. The smallest absolute Gasteiger partial charge is 0.254 e. The van der Waals surface area contributed by atoms with Gasteiger partial charge in [0.2, 0.25) is 10.0 Å². The molecule has 2 aliphatic heterocycles. The van der Waals surface area contributed by atoms with Crippen LogP contribution in [-0.4, -0.2) is 60.4 Å². The number of rotatable bonds is 3. The lowest BCUT2D eigenvalue weighted by molar-refractivity contribution is -0.0440. The van der Waals surface area contributed by atoms with E-state index in [1.807, 2.05) is 32.0 Å². The molecule has 2 aromatic carbocycles. The molecule has 0 radical (unpaired) electrons. The summed E-state index contributed by atoms with van der Waals surface area (Å²) >= 11 is 6.18. The van der Waals surface area contributed by atoms with Gasteiger partial charge in [-0.15, -0.1) is 0 Å². The number of halogens is 1. The molecule has 9 heteroatoms. The number of aromatic nitrogens is 1. The Kier molecular flexibility index (Phi) is 5.73. The molecule has 7 nitrogen and oxygen atoms in total. The molecule has 2 aliphatic rings. The Morgan fingerprint density at radius 3 is 2.48 bits per heavy atom. The maximum atomic E-state index is 13.2. The molecular weight excluding hydrogens is 462 g/mol. The van der Waals surface area contributed by atoms with Crippen molar-refractivity contribution >= 4 is 38.4 Å². The van der Waals surface area contributed by atoms with Crippen LogP contribution in [-0.2, 0) is 27.7 Å². The van der Waals surface area contributed by atoms with Crippen LogP contribution in [0.25, 0.3) is 10.9 Å². The lowest BCUT2D eigenvalue weighted by atomic mass is 10.0. The molecular formula is C24H26ClN3O4S. The fraction of sp³-hybridized carbons (Fsp3) is 0.375. The van der Waals surface area contributed by atoms with E-state index in [1.165, 1.54) is 16.4 Å². The van der Waals surface area contributed by atoms with Gasteiger partial charge in [0.05, 0.1) is 17.1 Å². The van der Waals surface area contributed by atoms with Gasteiger partial charge in [0, 0.05) is 65.3 Å². The van der Waals surface area contributed by atoms with E-state index in [-0.39, 0.29) is 23.0 Å². The number of nitrogens with one attached hydrogen (secondary N) is 1. The van der Waals surface area contributed by atoms with Crippen molar-refractivity contribution in [1.29, 1.82) is 0 Å². The van der Waals surface area contributed by atoms with Gasteiger partial charge in [-0.1, -0.05) is 11.6 Å². The molecule has 0 aliphatic carbocycles. The van der Waals surface area contributed by atoms with Crippen LogP contribution >= 0.6 is 11.6 Å². The fourth-order valence-electron chi connectivity index (χ4n) is 4.79. The molecule has 174 valence electrons. The number of ether oxygens (including phenoxy) is 1. The number of nitrogens with zero attached hydrogens (tertiary/aromatic N) is 2. The third-order valence-electron chi connectivity index (χ3n) is 6.35. The Bertz CT molecular complexity index is 1310. The van der Waals surface area contributed by atoms with E-state index >= 15 is 0 Å². The molecule has 5 rings (SSSR count). The Balaban J connectivity index is 1.35. The fourth-order valence-corrected chi connectivity index (χ4v) is 6.55. The molecule has 1 fully saturated rings. The number of aromatic amines is 1. The number of H-pyrrole nitrogens is 1. The number of sulfonamides is 1. The molecule has 33 heavy (non-hydrogen) atoms. The third kappa shape index (κ3) is 4.17. The van der Waals surface area contributed by atoms with E-state index in [0.717, 1.165) is 28.6 Å². The van der Waals surface area contributed by atoms with Gasteiger partial charge in [-0.25, -0.2) is 8.42 Å². The van der Waals surface area contributed by atoms with Crippen molar-refractivity contribution in [3.8, 4) is 0 Å². The summed E-state index contributed by atoms with van der Waals surface area (Å²) in [5.41, 5.74) is 3.70. The average Bonchev–Trinajstić information content (AvgIpc) is 3.15. The highest BCUT2D eigenvalue weighted by molar-refractivity contribution is 7.89. The number of fused-ring (bicyclic) bond motifs is 3. The molecule has 2 unspecified atom stereocenters. The number of morpholine rings is 1. The van der Waals surface area contributed by atoms with Crippen LogP contribution in [0.4, 0.5) is 0 Å². The summed E-state index contributed by atoms with van der Waals surface area (Å²) in [4.78, 5) is 18.6. The Morgan fingerprint density at radius 1 is 1.09 bits per heavy atom. The predicted molar refractivity (Wildman–Crippen MR) is 127 cm³/mol. The molecule has 1 aromatic heterocycles. The topological polar surface area (TPSA) is 82.7 Å². The second kappa shape index (κ2) is 8.43. The molecule has 2 atom stereocenters. The van der Waals surface area contributed by atoms with Gasteiger partial charge in [-0.3, -0.25) is 4.79 Å². The minimum absolute atomic E-state index is 0.116. The SMILES string of the molecule is CC1CN(S(=O)(=O)c2ccc(C(=O)N3CCc4[nH]c5ccc(Cl)cc5c4C3)cc2)CC(C)O1. The first-order valence-electron chi connectivity index (χ1n) is 11.1.